The fraction of sp³-hybridized carbons (Fsp3) is 0.314. The van der Waals surface area contributed by atoms with E-state index in [1.165, 1.54) is 5.56 Å². The van der Waals surface area contributed by atoms with Gasteiger partial charge in [-0.3, -0.25) is 0 Å². The predicted octanol–water partition coefficient (Wildman–Crippen LogP) is 6.75. The molecule has 0 amide bonds. The highest BCUT2D eigenvalue weighted by Gasteiger charge is 2.47. The molecule has 5 heteroatoms. The first-order chi connectivity index (χ1) is 19.8. The van der Waals surface area contributed by atoms with E-state index in [0.717, 1.165) is 29.5 Å². The Morgan fingerprint density at radius 2 is 0.975 bits per heavy atom. The Morgan fingerprint density at radius 3 is 1.52 bits per heavy atom. The van der Waals surface area contributed by atoms with Gasteiger partial charge in [-0.25, -0.2) is 0 Å². The van der Waals surface area contributed by atoms with Crippen LogP contribution in [0.25, 0.3) is 0 Å². The van der Waals surface area contributed by atoms with Gasteiger partial charge in [-0.15, -0.1) is 0 Å². The minimum atomic E-state index is -0.550. The maximum absolute atomic E-state index is 6.50. The molecule has 208 valence electrons. The molecule has 0 radical (unpaired) electrons. The number of hydrogen-bond donors (Lipinski definition) is 0. The molecule has 0 spiro atoms. The molecule has 1 aliphatic rings. The smallest absolute Gasteiger partial charge is 0.186 e. The molecule has 40 heavy (non-hydrogen) atoms. The third-order valence-electron chi connectivity index (χ3n) is 6.97. The second-order valence-electron chi connectivity index (χ2n) is 10.0. The summed E-state index contributed by atoms with van der Waals surface area (Å²) in [5.41, 5.74) is 4.61. The molecule has 4 aromatic carbocycles. The molecule has 0 aromatic heterocycles. The molecule has 0 unspecified atom stereocenters. The van der Waals surface area contributed by atoms with Gasteiger partial charge < -0.3 is 23.7 Å². The van der Waals surface area contributed by atoms with Crippen molar-refractivity contribution in [2.45, 2.75) is 57.3 Å². The molecule has 0 saturated carbocycles. The van der Waals surface area contributed by atoms with Crippen LogP contribution in [-0.2, 0) is 49.9 Å². The van der Waals surface area contributed by atoms with Crippen molar-refractivity contribution in [2.75, 3.05) is 13.2 Å². The molecule has 0 N–H and O–H groups in total. The zero-order valence-corrected chi connectivity index (χ0v) is 22.8. The molecule has 5 rings (SSSR count). The molecule has 1 heterocycles. The number of aryl methyl sites for hydroxylation is 1. The Kier molecular flexibility index (Phi) is 10.9. The van der Waals surface area contributed by atoms with Gasteiger partial charge in [0, 0.05) is 0 Å². The highest BCUT2D eigenvalue weighted by Crippen LogP contribution is 2.30. The summed E-state index contributed by atoms with van der Waals surface area (Å²) in [5.74, 6) is 0. The molecular formula is C35H38O5. The molecule has 5 nitrogen and oxygen atoms in total. The standard InChI is InChI=1S/C35H38O5/c1-5-14-28(15-6-1)22-13-23-37-35-34(39-26-31-20-11-4-12-21-31)33(38-25-30-18-9-3-10-19-30)32(40-35)27-36-24-29-16-7-2-8-17-29/h1-12,14-21,32-35H,13,22-27H2/t32-,33-,34-,35-/m1/s1. The lowest BCUT2D eigenvalue weighted by atomic mass is 10.1. The lowest BCUT2D eigenvalue weighted by Gasteiger charge is -2.25. The molecule has 1 saturated heterocycles. The molecular weight excluding hydrogens is 500 g/mol. The van der Waals surface area contributed by atoms with Gasteiger partial charge in [0.15, 0.2) is 6.29 Å². The maximum atomic E-state index is 6.50. The SMILES string of the molecule is c1ccc(CCCO[C@@H]2O[C@H](COCc3ccccc3)[C@@H](OCc3ccccc3)[C@H]2OCc2ccccc2)cc1. The third kappa shape index (κ3) is 8.59. The highest BCUT2D eigenvalue weighted by atomic mass is 16.7. The summed E-state index contributed by atoms with van der Waals surface area (Å²) in [6.45, 7) is 2.35. The molecule has 4 atom stereocenters. The minimum Gasteiger partial charge on any atom is -0.374 e. The van der Waals surface area contributed by atoms with Crippen molar-refractivity contribution < 1.29 is 23.7 Å². The Morgan fingerprint density at radius 1 is 0.500 bits per heavy atom. The minimum absolute atomic E-state index is 0.327. The van der Waals surface area contributed by atoms with E-state index in [2.05, 4.69) is 60.7 Å². The summed E-state index contributed by atoms with van der Waals surface area (Å²) in [5, 5.41) is 0. The average Bonchev–Trinajstić information content (AvgIpc) is 3.35. The van der Waals surface area contributed by atoms with Crippen LogP contribution in [0.5, 0.6) is 0 Å². The van der Waals surface area contributed by atoms with Crippen LogP contribution >= 0.6 is 0 Å². The first-order valence-corrected chi connectivity index (χ1v) is 14.1. The van der Waals surface area contributed by atoms with E-state index in [4.69, 9.17) is 23.7 Å². The summed E-state index contributed by atoms with van der Waals surface area (Å²) >= 11 is 0. The van der Waals surface area contributed by atoms with Crippen molar-refractivity contribution in [3.63, 3.8) is 0 Å². The summed E-state index contributed by atoms with van der Waals surface area (Å²) in [6.07, 6.45) is 0.211. The fourth-order valence-electron chi connectivity index (χ4n) is 4.86. The van der Waals surface area contributed by atoms with Gasteiger partial charge in [0.05, 0.1) is 33.0 Å². The van der Waals surface area contributed by atoms with Crippen molar-refractivity contribution in [3.05, 3.63) is 144 Å². The van der Waals surface area contributed by atoms with E-state index in [9.17, 15) is 0 Å². The van der Waals surface area contributed by atoms with E-state index in [0.29, 0.717) is 33.0 Å². The van der Waals surface area contributed by atoms with Crippen LogP contribution in [0, 0.1) is 0 Å². The lowest BCUT2D eigenvalue weighted by Crippen LogP contribution is -2.39. The Balaban J connectivity index is 1.26. The second-order valence-corrected chi connectivity index (χ2v) is 10.0. The van der Waals surface area contributed by atoms with Crippen molar-refractivity contribution in [1.29, 1.82) is 0 Å². The molecule has 0 bridgehead atoms. The van der Waals surface area contributed by atoms with Crippen LogP contribution in [-0.4, -0.2) is 37.8 Å². The Labute approximate surface area is 237 Å². The second kappa shape index (κ2) is 15.5. The summed E-state index contributed by atoms with van der Waals surface area (Å²) in [6, 6.07) is 41.0. The predicted molar refractivity (Wildman–Crippen MR) is 156 cm³/mol. The van der Waals surface area contributed by atoms with Gasteiger partial charge in [-0.2, -0.15) is 0 Å². The van der Waals surface area contributed by atoms with E-state index < -0.39 is 12.4 Å². The summed E-state index contributed by atoms with van der Waals surface area (Å²) < 4.78 is 31.9. The normalized spacial score (nSPS) is 20.5. The highest BCUT2D eigenvalue weighted by molar-refractivity contribution is 5.16. The van der Waals surface area contributed by atoms with E-state index in [1.54, 1.807) is 0 Å². The largest absolute Gasteiger partial charge is 0.374 e. The first-order valence-electron chi connectivity index (χ1n) is 14.1. The third-order valence-corrected chi connectivity index (χ3v) is 6.97. The van der Waals surface area contributed by atoms with Crippen LogP contribution in [0.3, 0.4) is 0 Å². The van der Waals surface area contributed by atoms with Crippen LogP contribution in [0.15, 0.2) is 121 Å². The van der Waals surface area contributed by atoms with Crippen LogP contribution in [0.2, 0.25) is 0 Å². The zero-order valence-electron chi connectivity index (χ0n) is 22.8. The Hall–Kier alpha value is -3.32. The molecule has 4 aromatic rings. The molecule has 1 aliphatic heterocycles. The van der Waals surface area contributed by atoms with Crippen LogP contribution in [0.1, 0.15) is 28.7 Å². The number of ether oxygens (including phenoxy) is 5. The van der Waals surface area contributed by atoms with Crippen molar-refractivity contribution in [2.24, 2.45) is 0 Å². The van der Waals surface area contributed by atoms with Crippen molar-refractivity contribution in [3.8, 4) is 0 Å². The van der Waals surface area contributed by atoms with Gasteiger partial charge in [0.25, 0.3) is 0 Å². The number of hydrogen-bond acceptors (Lipinski definition) is 5. The zero-order chi connectivity index (χ0) is 27.2. The Bertz CT molecular complexity index is 1220. The average molecular weight is 539 g/mol. The maximum Gasteiger partial charge on any atom is 0.186 e. The first kappa shape index (κ1) is 28.2. The van der Waals surface area contributed by atoms with Gasteiger partial charge in [0.1, 0.15) is 18.3 Å². The van der Waals surface area contributed by atoms with Gasteiger partial charge >= 0.3 is 0 Å². The molecule has 0 aliphatic carbocycles. The lowest BCUT2D eigenvalue weighted by molar-refractivity contribution is -0.185. The van der Waals surface area contributed by atoms with E-state index in [-0.39, 0.29) is 12.2 Å². The summed E-state index contributed by atoms with van der Waals surface area (Å²) in [7, 11) is 0. The van der Waals surface area contributed by atoms with Crippen molar-refractivity contribution >= 4 is 0 Å². The van der Waals surface area contributed by atoms with Gasteiger partial charge in [-0.1, -0.05) is 121 Å². The van der Waals surface area contributed by atoms with Crippen molar-refractivity contribution in [1.82, 2.24) is 0 Å². The topological polar surface area (TPSA) is 46.2 Å². The molecule has 1 fully saturated rings. The quantitative estimate of drug-likeness (QED) is 0.157. The summed E-state index contributed by atoms with van der Waals surface area (Å²) in [4.78, 5) is 0. The van der Waals surface area contributed by atoms with Crippen LogP contribution in [0.4, 0.5) is 0 Å². The van der Waals surface area contributed by atoms with Crippen LogP contribution < -0.4 is 0 Å². The fourth-order valence-corrected chi connectivity index (χ4v) is 4.86. The monoisotopic (exact) mass is 538 g/mol. The van der Waals surface area contributed by atoms with Gasteiger partial charge in [0.2, 0.25) is 0 Å². The van der Waals surface area contributed by atoms with E-state index in [1.807, 2.05) is 60.7 Å². The number of benzene rings is 4. The van der Waals surface area contributed by atoms with Gasteiger partial charge in [-0.05, 0) is 35.1 Å². The van der Waals surface area contributed by atoms with E-state index >= 15 is 0 Å². The number of rotatable bonds is 15.